The maximum Gasteiger partial charge on any atom is 0.240 e. The van der Waals surface area contributed by atoms with E-state index in [2.05, 4.69) is 10.6 Å². The van der Waals surface area contributed by atoms with E-state index in [1.165, 1.54) is 12.1 Å². The van der Waals surface area contributed by atoms with Crippen molar-refractivity contribution < 1.29 is 23.0 Å². The van der Waals surface area contributed by atoms with Gasteiger partial charge in [0.05, 0.1) is 5.02 Å². The van der Waals surface area contributed by atoms with E-state index in [0.29, 0.717) is 5.69 Å². The van der Waals surface area contributed by atoms with E-state index >= 15 is 0 Å². The lowest BCUT2D eigenvalue weighted by molar-refractivity contribution is -0.124. The van der Waals surface area contributed by atoms with Gasteiger partial charge in [-0.3, -0.25) is 18.6 Å². The lowest BCUT2D eigenvalue weighted by Gasteiger charge is -2.26. The Kier molecular flexibility index (Phi) is 9.13. The molecule has 0 saturated heterocycles. The zero-order valence-electron chi connectivity index (χ0n) is 18.9. The number of nitrogens with one attached hydrogen (secondary N) is 2. The number of halogens is 2. The van der Waals surface area contributed by atoms with Crippen LogP contribution in [0.15, 0.2) is 42.5 Å². The minimum atomic E-state index is -1.84. The number of hydrogen-bond donors (Lipinski definition) is 2. The Morgan fingerprint density at radius 2 is 1.67 bits per heavy atom. The molecule has 0 aliphatic rings. The Labute approximate surface area is 200 Å². The average molecular weight is 496 g/mol. The first kappa shape index (κ1) is 26.5. The molecule has 2 aromatic rings. The second-order valence-corrected chi connectivity index (χ2v) is 10.4. The van der Waals surface area contributed by atoms with Gasteiger partial charge in [0.25, 0.3) is 0 Å². The van der Waals surface area contributed by atoms with E-state index in [0.717, 1.165) is 16.5 Å². The molecule has 0 bridgehead atoms. The Bertz CT molecular complexity index is 1050. The highest BCUT2D eigenvalue weighted by Gasteiger charge is 2.24. The van der Waals surface area contributed by atoms with Crippen LogP contribution < -0.4 is 15.5 Å². The van der Waals surface area contributed by atoms with Crippen LogP contribution in [0, 0.1) is 12.7 Å². The molecule has 0 saturated carbocycles. The molecule has 7 nitrogen and oxygen atoms in total. The molecule has 10 heteroatoms. The normalized spacial score (nSPS) is 12.1. The number of aryl methyl sites for hydroxylation is 1. The van der Waals surface area contributed by atoms with Gasteiger partial charge in [-0.15, -0.1) is 0 Å². The van der Waals surface area contributed by atoms with Gasteiger partial charge < -0.3 is 15.5 Å². The molecule has 0 aliphatic heterocycles. The summed E-state index contributed by atoms with van der Waals surface area (Å²) < 4.78 is 26.1. The molecule has 0 radical (unpaired) electrons. The molecule has 0 spiro atoms. The predicted octanol–water partition coefficient (Wildman–Crippen LogP) is 3.42. The van der Waals surface area contributed by atoms with Crippen molar-refractivity contribution >= 4 is 51.5 Å². The lowest BCUT2D eigenvalue weighted by atomic mass is 10.1. The Balaban J connectivity index is 2.09. The van der Waals surface area contributed by atoms with Crippen molar-refractivity contribution in [1.82, 2.24) is 5.32 Å². The molecule has 2 N–H and O–H groups in total. The maximum atomic E-state index is 13.6. The topological polar surface area (TPSA) is 95.6 Å². The summed E-state index contributed by atoms with van der Waals surface area (Å²) in [4.78, 5) is 38.6. The van der Waals surface area contributed by atoms with E-state index in [1.807, 2.05) is 19.1 Å². The van der Waals surface area contributed by atoms with E-state index in [4.69, 9.17) is 11.6 Å². The summed E-state index contributed by atoms with van der Waals surface area (Å²) in [5.41, 5.74) is 1.22. The van der Waals surface area contributed by atoms with Gasteiger partial charge in [0.1, 0.15) is 23.9 Å². The van der Waals surface area contributed by atoms with E-state index in [-0.39, 0.29) is 17.3 Å². The highest BCUT2D eigenvalue weighted by molar-refractivity contribution is 7.86. The van der Waals surface area contributed by atoms with Crippen molar-refractivity contribution in [2.75, 3.05) is 28.3 Å². The van der Waals surface area contributed by atoms with Gasteiger partial charge in [0.2, 0.25) is 17.7 Å². The van der Waals surface area contributed by atoms with Gasteiger partial charge in [-0.05, 0) is 58.0 Å². The van der Waals surface area contributed by atoms with Crippen LogP contribution in [0.2, 0.25) is 5.02 Å². The Hall–Kier alpha value is -2.78. The number of benzene rings is 2. The molecule has 1 unspecified atom stereocenters. The largest absolute Gasteiger partial charge is 0.350 e. The van der Waals surface area contributed by atoms with Crippen molar-refractivity contribution in [2.45, 2.75) is 33.2 Å². The molecule has 0 heterocycles. The van der Waals surface area contributed by atoms with Crippen LogP contribution >= 0.6 is 11.6 Å². The van der Waals surface area contributed by atoms with Crippen LogP contribution in [-0.2, 0) is 25.2 Å². The summed E-state index contributed by atoms with van der Waals surface area (Å²) in [6.45, 7) is 6.88. The van der Waals surface area contributed by atoms with E-state index in [1.54, 1.807) is 32.9 Å². The third-order valence-electron chi connectivity index (χ3n) is 4.24. The molecule has 33 heavy (non-hydrogen) atoms. The molecule has 3 amide bonds. The summed E-state index contributed by atoms with van der Waals surface area (Å²) in [6, 6.07) is 10.7. The Morgan fingerprint density at radius 1 is 1.03 bits per heavy atom. The standard InChI is InChI=1S/C23H27ClFN3O4S/c1-15-5-7-16(8-6-15)26-21(30)13-33(32)14-22(31)28(12-20(29)27-23(2,3)4)17-9-10-19(25)18(24)11-17/h5-11H,12-14H2,1-4H3,(H,26,30)(H,27,29). The zero-order chi connectivity index (χ0) is 24.8. The average Bonchev–Trinajstić information content (AvgIpc) is 2.68. The summed E-state index contributed by atoms with van der Waals surface area (Å²) >= 11 is 5.84. The van der Waals surface area contributed by atoms with Crippen LogP contribution in [0.25, 0.3) is 0 Å². The first-order valence-corrected chi connectivity index (χ1v) is 12.0. The van der Waals surface area contributed by atoms with Crippen LogP contribution in [-0.4, -0.2) is 45.5 Å². The van der Waals surface area contributed by atoms with Crippen LogP contribution in [0.5, 0.6) is 0 Å². The fraction of sp³-hybridized carbons (Fsp3) is 0.348. The van der Waals surface area contributed by atoms with Gasteiger partial charge in [-0.25, -0.2) is 4.39 Å². The SMILES string of the molecule is Cc1ccc(NC(=O)CS(=O)CC(=O)N(CC(=O)NC(C)(C)C)c2ccc(F)c(Cl)c2)cc1. The smallest absolute Gasteiger partial charge is 0.240 e. The van der Waals surface area contributed by atoms with Crippen molar-refractivity contribution in [2.24, 2.45) is 0 Å². The summed E-state index contributed by atoms with van der Waals surface area (Å²) in [6.07, 6.45) is 0. The quantitative estimate of drug-likeness (QED) is 0.586. The molecular formula is C23H27ClFN3O4S. The Morgan fingerprint density at radius 3 is 2.24 bits per heavy atom. The highest BCUT2D eigenvalue weighted by atomic mass is 35.5. The molecule has 178 valence electrons. The van der Waals surface area contributed by atoms with Gasteiger partial charge >= 0.3 is 0 Å². The monoisotopic (exact) mass is 495 g/mol. The maximum absolute atomic E-state index is 13.6. The van der Waals surface area contributed by atoms with Crippen molar-refractivity contribution in [1.29, 1.82) is 0 Å². The zero-order valence-corrected chi connectivity index (χ0v) is 20.5. The fourth-order valence-corrected chi connectivity index (χ4v) is 3.90. The lowest BCUT2D eigenvalue weighted by Crippen LogP contribution is -2.48. The number of hydrogen-bond acceptors (Lipinski definition) is 4. The van der Waals surface area contributed by atoms with Crippen LogP contribution in [0.4, 0.5) is 15.8 Å². The van der Waals surface area contributed by atoms with Crippen LogP contribution in [0.1, 0.15) is 26.3 Å². The first-order valence-electron chi connectivity index (χ1n) is 10.1. The second-order valence-electron chi connectivity index (χ2n) is 8.52. The van der Waals surface area contributed by atoms with Crippen molar-refractivity contribution in [3.05, 3.63) is 58.9 Å². The first-order chi connectivity index (χ1) is 15.3. The molecular weight excluding hydrogens is 469 g/mol. The number of amides is 3. The van der Waals surface area contributed by atoms with Crippen LogP contribution in [0.3, 0.4) is 0 Å². The third-order valence-corrected chi connectivity index (χ3v) is 5.69. The fourth-order valence-electron chi connectivity index (χ4n) is 2.82. The number of carbonyl (C=O) groups is 3. The van der Waals surface area contributed by atoms with Gasteiger partial charge in [-0.2, -0.15) is 0 Å². The third kappa shape index (κ3) is 8.94. The van der Waals surface area contributed by atoms with Gasteiger partial charge in [-0.1, -0.05) is 29.3 Å². The van der Waals surface area contributed by atoms with E-state index in [9.17, 15) is 23.0 Å². The molecule has 1 atom stereocenters. The molecule has 2 aromatic carbocycles. The predicted molar refractivity (Wildman–Crippen MR) is 129 cm³/mol. The minimum absolute atomic E-state index is 0.177. The molecule has 0 aliphatic carbocycles. The second kappa shape index (κ2) is 11.4. The molecule has 0 aromatic heterocycles. The van der Waals surface area contributed by atoms with Gasteiger partial charge in [0, 0.05) is 27.7 Å². The van der Waals surface area contributed by atoms with E-state index < -0.39 is 51.4 Å². The number of rotatable bonds is 8. The number of nitrogens with zero attached hydrogens (tertiary/aromatic N) is 1. The van der Waals surface area contributed by atoms with Crippen molar-refractivity contribution in [3.8, 4) is 0 Å². The van der Waals surface area contributed by atoms with Gasteiger partial charge in [0.15, 0.2) is 0 Å². The number of anilines is 2. The summed E-state index contributed by atoms with van der Waals surface area (Å²) in [5, 5.41) is 5.14. The summed E-state index contributed by atoms with van der Waals surface area (Å²) in [7, 11) is -1.84. The molecule has 0 fully saturated rings. The molecule has 2 rings (SSSR count). The highest BCUT2D eigenvalue weighted by Crippen LogP contribution is 2.23. The minimum Gasteiger partial charge on any atom is -0.350 e. The van der Waals surface area contributed by atoms with Crippen molar-refractivity contribution in [3.63, 3.8) is 0 Å². The summed E-state index contributed by atoms with van der Waals surface area (Å²) in [5.74, 6) is -3.21. The number of carbonyl (C=O) groups excluding carboxylic acids is 3.